The van der Waals surface area contributed by atoms with Crippen LogP contribution < -0.4 is 19.5 Å². The third-order valence-corrected chi connectivity index (χ3v) is 3.37. The van der Waals surface area contributed by atoms with Gasteiger partial charge >= 0.3 is 0 Å². The van der Waals surface area contributed by atoms with E-state index >= 15 is 0 Å². The standard InChI is InChI=1S/C19H25NO3/c1-14(2)13-23-19-10-15(8-9-18(19)22-4)12-20-16-6-5-7-17(11-16)21-3/h5-11,14,20H,12-13H2,1-4H3. The average molecular weight is 315 g/mol. The van der Waals surface area contributed by atoms with E-state index in [0.29, 0.717) is 19.1 Å². The Hall–Kier alpha value is -2.36. The minimum Gasteiger partial charge on any atom is -0.497 e. The van der Waals surface area contributed by atoms with Crippen molar-refractivity contribution >= 4 is 5.69 Å². The maximum Gasteiger partial charge on any atom is 0.161 e. The Labute approximate surface area is 138 Å². The van der Waals surface area contributed by atoms with E-state index in [-0.39, 0.29) is 0 Å². The Morgan fingerprint density at radius 1 is 0.957 bits per heavy atom. The van der Waals surface area contributed by atoms with Crippen LogP contribution in [0, 0.1) is 5.92 Å². The number of rotatable bonds is 8. The predicted octanol–water partition coefficient (Wildman–Crippen LogP) is 4.35. The van der Waals surface area contributed by atoms with Gasteiger partial charge in [-0.1, -0.05) is 26.0 Å². The largest absolute Gasteiger partial charge is 0.497 e. The van der Waals surface area contributed by atoms with Crippen LogP contribution in [0.3, 0.4) is 0 Å². The van der Waals surface area contributed by atoms with Crippen LogP contribution in [0.15, 0.2) is 42.5 Å². The van der Waals surface area contributed by atoms with Crippen LogP contribution in [-0.2, 0) is 6.54 Å². The minimum absolute atomic E-state index is 0.471. The molecule has 0 spiro atoms. The van der Waals surface area contributed by atoms with Gasteiger partial charge in [-0.25, -0.2) is 0 Å². The van der Waals surface area contributed by atoms with Gasteiger partial charge < -0.3 is 19.5 Å². The van der Waals surface area contributed by atoms with Crippen LogP contribution in [0.5, 0.6) is 17.2 Å². The Kier molecular flexibility index (Phi) is 6.15. The quantitative estimate of drug-likeness (QED) is 0.786. The molecule has 0 aliphatic heterocycles. The number of methoxy groups -OCH3 is 2. The number of nitrogens with one attached hydrogen (secondary N) is 1. The van der Waals surface area contributed by atoms with Crippen molar-refractivity contribution in [2.75, 3.05) is 26.1 Å². The summed E-state index contributed by atoms with van der Waals surface area (Å²) in [5.41, 5.74) is 2.15. The van der Waals surface area contributed by atoms with Gasteiger partial charge in [0.1, 0.15) is 5.75 Å². The molecule has 0 saturated heterocycles. The number of anilines is 1. The highest BCUT2D eigenvalue weighted by Crippen LogP contribution is 2.29. The fraction of sp³-hybridized carbons (Fsp3) is 0.368. The lowest BCUT2D eigenvalue weighted by Crippen LogP contribution is -2.06. The molecule has 0 bridgehead atoms. The van der Waals surface area contributed by atoms with Crippen LogP contribution in [-0.4, -0.2) is 20.8 Å². The molecule has 1 N–H and O–H groups in total. The van der Waals surface area contributed by atoms with Gasteiger partial charge in [0.25, 0.3) is 0 Å². The normalized spacial score (nSPS) is 10.5. The zero-order valence-electron chi connectivity index (χ0n) is 14.3. The highest BCUT2D eigenvalue weighted by atomic mass is 16.5. The summed E-state index contributed by atoms with van der Waals surface area (Å²) in [6.45, 7) is 5.62. The summed E-state index contributed by atoms with van der Waals surface area (Å²) in [4.78, 5) is 0. The van der Waals surface area contributed by atoms with E-state index in [1.165, 1.54) is 0 Å². The number of hydrogen-bond donors (Lipinski definition) is 1. The molecule has 0 radical (unpaired) electrons. The Morgan fingerprint density at radius 3 is 2.48 bits per heavy atom. The van der Waals surface area contributed by atoms with Gasteiger partial charge in [0.2, 0.25) is 0 Å². The summed E-state index contributed by atoms with van der Waals surface area (Å²) in [6, 6.07) is 13.9. The molecule has 0 aliphatic carbocycles. The molecule has 0 atom stereocenters. The molecule has 4 nitrogen and oxygen atoms in total. The van der Waals surface area contributed by atoms with Crippen molar-refractivity contribution in [1.82, 2.24) is 0 Å². The molecule has 2 rings (SSSR count). The molecule has 0 unspecified atom stereocenters. The van der Waals surface area contributed by atoms with Crippen molar-refractivity contribution in [2.45, 2.75) is 20.4 Å². The molecular formula is C19H25NO3. The molecule has 0 fully saturated rings. The van der Waals surface area contributed by atoms with Gasteiger partial charge in [-0.3, -0.25) is 0 Å². The molecule has 124 valence electrons. The van der Waals surface area contributed by atoms with Crippen molar-refractivity contribution in [3.05, 3.63) is 48.0 Å². The first-order valence-corrected chi connectivity index (χ1v) is 7.80. The number of hydrogen-bond acceptors (Lipinski definition) is 4. The van der Waals surface area contributed by atoms with E-state index in [2.05, 4.69) is 19.2 Å². The molecule has 0 aromatic heterocycles. The van der Waals surface area contributed by atoms with Gasteiger partial charge in [0.05, 0.1) is 20.8 Å². The lowest BCUT2D eigenvalue weighted by atomic mass is 10.2. The van der Waals surface area contributed by atoms with E-state index in [1.807, 2.05) is 42.5 Å². The predicted molar refractivity (Wildman–Crippen MR) is 93.6 cm³/mol. The van der Waals surface area contributed by atoms with Crippen molar-refractivity contribution in [3.63, 3.8) is 0 Å². The van der Waals surface area contributed by atoms with E-state index < -0.39 is 0 Å². The SMILES string of the molecule is COc1cccc(NCc2ccc(OC)c(OCC(C)C)c2)c1. The fourth-order valence-electron chi connectivity index (χ4n) is 2.14. The van der Waals surface area contributed by atoms with Crippen LogP contribution in [0.2, 0.25) is 0 Å². The molecule has 2 aromatic carbocycles. The Morgan fingerprint density at radius 2 is 1.78 bits per heavy atom. The van der Waals surface area contributed by atoms with Gasteiger partial charge in [-0.2, -0.15) is 0 Å². The van der Waals surface area contributed by atoms with E-state index in [0.717, 1.165) is 28.5 Å². The Balaban J connectivity index is 2.05. The van der Waals surface area contributed by atoms with Crippen LogP contribution in [0.25, 0.3) is 0 Å². The fourth-order valence-corrected chi connectivity index (χ4v) is 2.14. The summed E-state index contributed by atoms with van der Waals surface area (Å²) >= 11 is 0. The van der Waals surface area contributed by atoms with Crippen molar-refractivity contribution in [1.29, 1.82) is 0 Å². The zero-order chi connectivity index (χ0) is 16.7. The topological polar surface area (TPSA) is 39.7 Å². The van der Waals surface area contributed by atoms with Crippen LogP contribution >= 0.6 is 0 Å². The average Bonchev–Trinajstić information content (AvgIpc) is 2.58. The van der Waals surface area contributed by atoms with Gasteiger partial charge in [-0.05, 0) is 35.7 Å². The molecule has 0 aliphatic rings. The first kappa shape index (κ1) is 17.0. The molecule has 0 saturated carbocycles. The van der Waals surface area contributed by atoms with Gasteiger partial charge in [0.15, 0.2) is 11.5 Å². The third kappa shape index (κ3) is 5.09. The highest BCUT2D eigenvalue weighted by molar-refractivity contribution is 5.49. The van der Waals surface area contributed by atoms with Crippen LogP contribution in [0.4, 0.5) is 5.69 Å². The van der Waals surface area contributed by atoms with Crippen molar-refractivity contribution in [3.8, 4) is 17.2 Å². The molecular weight excluding hydrogens is 290 g/mol. The van der Waals surface area contributed by atoms with Crippen LogP contribution in [0.1, 0.15) is 19.4 Å². The second-order valence-electron chi connectivity index (χ2n) is 5.78. The summed E-state index contributed by atoms with van der Waals surface area (Å²) in [5.74, 6) is 2.85. The molecule has 2 aromatic rings. The lowest BCUT2D eigenvalue weighted by Gasteiger charge is -2.14. The number of ether oxygens (including phenoxy) is 3. The maximum absolute atomic E-state index is 5.85. The Bertz CT molecular complexity index is 626. The van der Waals surface area contributed by atoms with E-state index in [9.17, 15) is 0 Å². The summed E-state index contributed by atoms with van der Waals surface area (Å²) in [6.07, 6.45) is 0. The molecule has 4 heteroatoms. The zero-order valence-corrected chi connectivity index (χ0v) is 14.3. The summed E-state index contributed by atoms with van der Waals surface area (Å²) in [7, 11) is 3.33. The lowest BCUT2D eigenvalue weighted by molar-refractivity contribution is 0.256. The molecule has 0 amide bonds. The second kappa shape index (κ2) is 8.32. The molecule has 23 heavy (non-hydrogen) atoms. The van der Waals surface area contributed by atoms with Crippen molar-refractivity contribution < 1.29 is 14.2 Å². The number of benzene rings is 2. The summed E-state index contributed by atoms with van der Waals surface area (Å²) in [5, 5.41) is 3.39. The monoisotopic (exact) mass is 315 g/mol. The van der Waals surface area contributed by atoms with E-state index in [1.54, 1.807) is 14.2 Å². The first-order chi connectivity index (χ1) is 11.1. The van der Waals surface area contributed by atoms with Gasteiger partial charge in [-0.15, -0.1) is 0 Å². The second-order valence-corrected chi connectivity index (χ2v) is 5.78. The molecule has 0 heterocycles. The highest BCUT2D eigenvalue weighted by Gasteiger charge is 2.07. The smallest absolute Gasteiger partial charge is 0.161 e. The third-order valence-electron chi connectivity index (χ3n) is 3.37. The first-order valence-electron chi connectivity index (χ1n) is 7.80. The maximum atomic E-state index is 5.85. The minimum atomic E-state index is 0.471. The van der Waals surface area contributed by atoms with E-state index in [4.69, 9.17) is 14.2 Å². The van der Waals surface area contributed by atoms with Gasteiger partial charge in [0, 0.05) is 18.3 Å². The summed E-state index contributed by atoms with van der Waals surface area (Å²) < 4.78 is 16.4. The van der Waals surface area contributed by atoms with Crippen molar-refractivity contribution in [2.24, 2.45) is 5.92 Å².